The van der Waals surface area contributed by atoms with Crippen LogP contribution in [0.5, 0.6) is 0 Å². The number of hydrogen-bond acceptors (Lipinski definition) is 8. The van der Waals surface area contributed by atoms with E-state index in [1.54, 1.807) is 12.1 Å². The van der Waals surface area contributed by atoms with Gasteiger partial charge in [-0.3, -0.25) is 13.2 Å². The van der Waals surface area contributed by atoms with Crippen LogP contribution in [0.3, 0.4) is 0 Å². The molecule has 1 amide bonds. The van der Waals surface area contributed by atoms with Crippen molar-refractivity contribution in [1.82, 2.24) is 0 Å². The van der Waals surface area contributed by atoms with Crippen LogP contribution in [0.1, 0.15) is 42.9 Å². The van der Waals surface area contributed by atoms with Crippen molar-refractivity contribution in [2.45, 2.75) is 42.4 Å². The molecule has 1 aliphatic carbocycles. The smallest absolute Gasteiger partial charge is 0.297 e. The molecule has 2 aromatic carbocycles. The molecule has 188 valence electrons. The van der Waals surface area contributed by atoms with Crippen LogP contribution in [0.4, 0.5) is 5.69 Å². The number of thiocarbonyl (C=S) groups is 1. The molecule has 1 saturated carbocycles. The number of carbonyl (C=O) groups excluding carboxylic acids is 1. The number of nitrogens with one attached hydrogen (secondary N) is 1. The molecule has 8 nitrogen and oxygen atoms in total. The topological polar surface area (TPSA) is 116 Å². The highest BCUT2D eigenvalue weighted by Gasteiger charge is 2.24. The molecular formula is C24H27NO7S3. The molecule has 1 aliphatic rings. The Kier molecular flexibility index (Phi) is 8.60. The van der Waals surface area contributed by atoms with Crippen LogP contribution in [-0.4, -0.2) is 41.8 Å². The van der Waals surface area contributed by atoms with Crippen LogP contribution in [0, 0.1) is 5.92 Å². The fourth-order valence-corrected chi connectivity index (χ4v) is 5.69. The highest BCUT2D eigenvalue weighted by atomic mass is 32.2. The first-order chi connectivity index (χ1) is 16.4. The average Bonchev–Trinajstić information content (AvgIpc) is 3.62. The summed E-state index contributed by atoms with van der Waals surface area (Å²) >= 11 is 5.47. The number of anilines is 1. The lowest BCUT2D eigenvalue weighted by molar-refractivity contribution is -0.114. The van der Waals surface area contributed by atoms with Crippen molar-refractivity contribution < 1.29 is 30.0 Å². The van der Waals surface area contributed by atoms with Gasteiger partial charge in [-0.05, 0) is 64.9 Å². The molecule has 0 saturated heterocycles. The SMILES string of the molecule is COS(=O)(=O)c1cc(CC(=S)CC2CC2)ccc1/C=C/c1ccc(NC(C)=O)cc1S(=O)(=O)OC. The van der Waals surface area contributed by atoms with E-state index in [4.69, 9.17) is 16.4 Å². The standard InChI is InChI=1S/C24H27NO7S3/c1-16(26)25-21-11-10-20(24(15-21)35(29,30)32-3)9-8-19-7-6-18(13-22(33)12-17-4-5-17)14-23(19)34(27,28)31-2/h6-11,14-15,17H,4-5,12-13H2,1-3H3,(H,25,26)/b9-8+. The van der Waals surface area contributed by atoms with Crippen LogP contribution < -0.4 is 5.32 Å². The van der Waals surface area contributed by atoms with Gasteiger partial charge in [0.05, 0.1) is 14.2 Å². The second kappa shape index (κ2) is 11.1. The van der Waals surface area contributed by atoms with Gasteiger partial charge in [-0.25, -0.2) is 0 Å². The van der Waals surface area contributed by atoms with Crippen molar-refractivity contribution >= 4 is 61.1 Å². The van der Waals surface area contributed by atoms with Gasteiger partial charge in [-0.15, -0.1) is 0 Å². The summed E-state index contributed by atoms with van der Waals surface area (Å²) in [5.41, 5.74) is 1.59. The maximum Gasteiger partial charge on any atom is 0.297 e. The lowest BCUT2D eigenvalue weighted by Gasteiger charge is -2.11. The van der Waals surface area contributed by atoms with Crippen LogP contribution in [0.15, 0.2) is 46.2 Å². The predicted molar refractivity (Wildman–Crippen MR) is 138 cm³/mol. The van der Waals surface area contributed by atoms with E-state index in [-0.39, 0.29) is 26.9 Å². The van der Waals surface area contributed by atoms with E-state index in [2.05, 4.69) is 9.50 Å². The Bertz CT molecular complexity index is 1380. The van der Waals surface area contributed by atoms with Crippen molar-refractivity contribution in [2.24, 2.45) is 5.92 Å². The van der Waals surface area contributed by atoms with Crippen molar-refractivity contribution in [2.75, 3.05) is 19.5 Å². The number of benzene rings is 2. The zero-order valence-corrected chi connectivity index (χ0v) is 22.1. The summed E-state index contributed by atoms with van der Waals surface area (Å²) in [4.78, 5) is 12.0. The first kappa shape index (κ1) is 27.2. The Hall–Kier alpha value is -2.44. The van der Waals surface area contributed by atoms with E-state index in [0.29, 0.717) is 17.9 Å². The highest BCUT2D eigenvalue weighted by molar-refractivity contribution is 7.87. The second-order valence-electron chi connectivity index (χ2n) is 8.24. The zero-order valence-electron chi connectivity index (χ0n) is 19.6. The van der Waals surface area contributed by atoms with E-state index in [1.807, 2.05) is 0 Å². The largest absolute Gasteiger partial charge is 0.326 e. The summed E-state index contributed by atoms with van der Waals surface area (Å²) in [5.74, 6) is 0.279. The molecule has 1 fully saturated rings. The van der Waals surface area contributed by atoms with Crippen molar-refractivity contribution in [3.8, 4) is 0 Å². The molecule has 35 heavy (non-hydrogen) atoms. The molecule has 0 bridgehead atoms. The normalized spacial score (nSPS) is 14.3. The highest BCUT2D eigenvalue weighted by Crippen LogP contribution is 2.33. The summed E-state index contributed by atoms with van der Waals surface area (Å²) in [7, 11) is -6.06. The summed E-state index contributed by atoms with van der Waals surface area (Å²) in [6.45, 7) is 1.30. The lowest BCUT2D eigenvalue weighted by Crippen LogP contribution is -2.09. The van der Waals surface area contributed by atoms with Crippen molar-refractivity contribution in [3.63, 3.8) is 0 Å². The van der Waals surface area contributed by atoms with Gasteiger partial charge < -0.3 is 5.32 Å². The van der Waals surface area contributed by atoms with E-state index in [1.165, 1.54) is 56.2 Å². The molecule has 11 heteroatoms. The lowest BCUT2D eigenvalue weighted by atomic mass is 10.0. The summed E-state index contributed by atoms with van der Waals surface area (Å²) in [6.07, 6.45) is 6.65. The fourth-order valence-electron chi connectivity index (χ4n) is 3.52. The fraction of sp³-hybridized carbons (Fsp3) is 0.333. The van der Waals surface area contributed by atoms with Crippen LogP contribution in [0.2, 0.25) is 0 Å². The Morgan fingerprint density at radius 3 is 2.03 bits per heavy atom. The second-order valence-corrected chi connectivity index (χ2v) is 12.2. The minimum Gasteiger partial charge on any atom is -0.326 e. The third kappa shape index (κ3) is 7.28. The van der Waals surface area contributed by atoms with Gasteiger partial charge in [-0.2, -0.15) is 16.8 Å². The average molecular weight is 538 g/mol. The third-order valence-corrected chi connectivity index (χ3v) is 8.42. The predicted octanol–water partition coefficient (Wildman–Crippen LogP) is 4.20. The Morgan fingerprint density at radius 1 is 0.971 bits per heavy atom. The number of carbonyl (C=O) groups is 1. The summed E-state index contributed by atoms with van der Waals surface area (Å²) in [5, 5.41) is 2.53. The summed E-state index contributed by atoms with van der Waals surface area (Å²) < 4.78 is 59.6. The molecule has 0 spiro atoms. The van der Waals surface area contributed by atoms with Crippen molar-refractivity contribution in [3.05, 3.63) is 53.1 Å². The third-order valence-electron chi connectivity index (χ3n) is 5.45. The van der Waals surface area contributed by atoms with Crippen LogP contribution >= 0.6 is 12.2 Å². The first-order valence-corrected chi connectivity index (χ1v) is 14.0. The maximum absolute atomic E-state index is 12.6. The van der Waals surface area contributed by atoms with Crippen LogP contribution in [0.25, 0.3) is 12.2 Å². The molecule has 0 aromatic heterocycles. The van der Waals surface area contributed by atoms with Gasteiger partial charge in [-0.1, -0.05) is 42.6 Å². The zero-order chi connectivity index (χ0) is 25.8. The molecule has 0 aliphatic heterocycles. The molecule has 0 radical (unpaired) electrons. The van der Waals surface area contributed by atoms with E-state index >= 15 is 0 Å². The Labute approximate surface area is 211 Å². The van der Waals surface area contributed by atoms with Gasteiger partial charge in [0.1, 0.15) is 9.79 Å². The van der Waals surface area contributed by atoms with E-state index in [0.717, 1.165) is 31.1 Å². The molecule has 0 atom stereocenters. The van der Waals surface area contributed by atoms with E-state index < -0.39 is 20.2 Å². The first-order valence-electron chi connectivity index (χ1n) is 10.8. The van der Waals surface area contributed by atoms with E-state index in [9.17, 15) is 21.6 Å². The van der Waals surface area contributed by atoms with Crippen molar-refractivity contribution in [1.29, 1.82) is 0 Å². The Morgan fingerprint density at radius 2 is 1.51 bits per heavy atom. The van der Waals surface area contributed by atoms with Gasteiger partial charge in [0.2, 0.25) is 5.91 Å². The molecule has 3 rings (SSSR count). The number of rotatable bonds is 11. The molecular weight excluding hydrogens is 510 g/mol. The van der Waals surface area contributed by atoms with Gasteiger partial charge >= 0.3 is 0 Å². The van der Waals surface area contributed by atoms with Gasteiger partial charge in [0.15, 0.2) is 0 Å². The molecule has 0 unspecified atom stereocenters. The minimum atomic E-state index is -4.12. The van der Waals surface area contributed by atoms with Crippen LogP contribution in [-0.2, 0) is 39.8 Å². The maximum atomic E-state index is 12.6. The van der Waals surface area contributed by atoms with Gasteiger partial charge in [0, 0.05) is 19.0 Å². The molecule has 1 N–H and O–H groups in total. The molecule has 0 heterocycles. The molecule has 2 aromatic rings. The number of amides is 1. The quantitative estimate of drug-likeness (QED) is 0.258. The Balaban J connectivity index is 2.00. The van der Waals surface area contributed by atoms with Gasteiger partial charge in [0.25, 0.3) is 20.2 Å². The number of hydrogen-bond donors (Lipinski definition) is 1. The monoisotopic (exact) mass is 537 g/mol. The minimum absolute atomic E-state index is 0.0472. The summed E-state index contributed by atoms with van der Waals surface area (Å²) in [6, 6.07) is 9.25.